The minimum absolute atomic E-state index is 0. The summed E-state index contributed by atoms with van der Waals surface area (Å²) >= 11 is 0. The van der Waals surface area contributed by atoms with E-state index in [-0.39, 0.29) is 30.3 Å². The van der Waals surface area contributed by atoms with E-state index in [0.717, 1.165) is 5.56 Å². The maximum Gasteiger partial charge on any atom is 0.251 e. The Morgan fingerprint density at radius 2 is 1.87 bits per heavy atom. The van der Waals surface area contributed by atoms with Crippen LogP contribution in [-0.4, -0.2) is 21.3 Å². The number of benzene rings is 1. The van der Waals surface area contributed by atoms with Gasteiger partial charge in [-0.3, -0.25) is 0 Å². The molecule has 0 amide bonds. The van der Waals surface area contributed by atoms with Crippen LogP contribution in [0, 0.1) is 12.8 Å². The second-order valence-electron chi connectivity index (χ2n) is 6.79. The van der Waals surface area contributed by atoms with Gasteiger partial charge in [-0.2, -0.15) is 0 Å². The summed E-state index contributed by atoms with van der Waals surface area (Å²) in [5.74, 6) is 0.975. The molecule has 2 atom stereocenters. The number of rotatable bonds is 5. The number of aryl methyl sites for hydroxylation is 1. The minimum Gasteiger partial charge on any atom is -1.00 e. The van der Waals surface area contributed by atoms with E-state index in [1.54, 1.807) is 0 Å². The molecule has 23 heavy (non-hydrogen) atoms. The third-order valence-electron chi connectivity index (χ3n) is 4.23. The molecule has 0 aliphatic carbocycles. The second kappa shape index (κ2) is 7.43. The molecule has 0 saturated carbocycles. The van der Waals surface area contributed by atoms with Gasteiger partial charge in [0.15, 0.2) is 6.10 Å². The summed E-state index contributed by atoms with van der Waals surface area (Å²) in [6.45, 7) is 10.1. The average Bonchev–Trinajstić information content (AvgIpc) is 2.96. The van der Waals surface area contributed by atoms with E-state index >= 15 is 0 Å². The minimum atomic E-state index is -0.838. The van der Waals surface area contributed by atoms with Crippen LogP contribution >= 0.6 is 0 Å². The Balaban J connectivity index is 0.00000264. The van der Waals surface area contributed by atoms with Crippen molar-refractivity contribution in [2.24, 2.45) is 5.92 Å². The highest BCUT2D eigenvalue weighted by atomic mass is 35.5. The van der Waals surface area contributed by atoms with Crippen LogP contribution in [0.25, 0.3) is 0 Å². The van der Waals surface area contributed by atoms with Crippen LogP contribution in [0.3, 0.4) is 0 Å². The van der Waals surface area contributed by atoms with Crippen LogP contribution in [0.2, 0.25) is 0 Å². The molecule has 1 aromatic carbocycles. The summed E-state index contributed by atoms with van der Waals surface area (Å²) in [4.78, 5) is 0. The molecule has 0 bridgehead atoms. The molecule has 5 nitrogen and oxygen atoms in total. The molecule has 2 aromatic rings. The molecule has 0 spiro atoms. The fourth-order valence-corrected chi connectivity index (χ4v) is 2.31. The van der Waals surface area contributed by atoms with Gasteiger partial charge in [0.05, 0.1) is 5.41 Å². The van der Waals surface area contributed by atoms with Crippen molar-refractivity contribution in [2.75, 3.05) is 0 Å². The smallest absolute Gasteiger partial charge is 0.251 e. The van der Waals surface area contributed by atoms with Crippen LogP contribution < -0.4 is 18.1 Å². The monoisotopic (exact) mass is 339 g/mol. The summed E-state index contributed by atoms with van der Waals surface area (Å²) < 4.78 is 5.76. The molecule has 1 heterocycles. The van der Waals surface area contributed by atoms with Gasteiger partial charge in [-0.25, -0.2) is 0 Å². The number of halogens is 1. The summed E-state index contributed by atoms with van der Waals surface area (Å²) in [6, 6.07) is 8.04. The normalized spacial score (nSPS) is 14.4. The summed E-state index contributed by atoms with van der Waals surface area (Å²) in [5, 5.41) is 18.5. The predicted molar refractivity (Wildman–Crippen MR) is 84.1 cm³/mol. The van der Waals surface area contributed by atoms with E-state index in [4.69, 9.17) is 4.42 Å². The number of quaternary nitrogens is 1. The first-order valence-electron chi connectivity index (χ1n) is 7.65. The Hall–Kier alpha value is -1.43. The first-order valence-corrected chi connectivity index (χ1v) is 7.65. The highest BCUT2D eigenvalue weighted by Crippen LogP contribution is 2.32. The second-order valence-corrected chi connectivity index (χ2v) is 6.79. The van der Waals surface area contributed by atoms with Gasteiger partial charge in [-0.05, 0) is 26.3 Å². The van der Waals surface area contributed by atoms with Gasteiger partial charge in [0.1, 0.15) is 6.04 Å². The largest absolute Gasteiger partial charge is 1.00 e. The van der Waals surface area contributed by atoms with Gasteiger partial charge < -0.3 is 27.7 Å². The van der Waals surface area contributed by atoms with Crippen LogP contribution in [-0.2, 0) is 5.41 Å². The van der Waals surface area contributed by atoms with Crippen molar-refractivity contribution in [3.63, 3.8) is 0 Å². The Morgan fingerprint density at radius 3 is 2.43 bits per heavy atom. The number of aliphatic hydroxyl groups excluding tert-OH is 1. The first-order chi connectivity index (χ1) is 10.2. The lowest BCUT2D eigenvalue weighted by Gasteiger charge is -2.21. The number of hydrogen-bond acceptors (Lipinski definition) is 4. The quantitative estimate of drug-likeness (QED) is 0.732. The topological polar surface area (TPSA) is 86.8 Å². The maximum atomic E-state index is 10.3. The molecule has 0 aliphatic heterocycles. The van der Waals surface area contributed by atoms with Gasteiger partial charge in [0.25, 0.3) is 5.89 Å². The van der Waals surface area contributed by atoms with E-state index in [0.29, 0.717) is 5.89 Å². The van der Waals surface area contributed by atoms with Crippen molar-refractivity contribution in [2.45, 2.75) is 52.2 Å². The van der Waals surface area contributed by atoms with Crippen LogP contribution in [0.5, 0.6) is 0 Å². The molecular formula is C17H26ClN3O2. The highest BCUT2D eigenvalue weighted by molar-refractivity contribution is 5.32. The van der Waals surface area contributed by atoms with Crippen molar-refractivity contribution in [3.05, 3.63) is 47.2 Å². The summed E-state index contributed by atoms with van der Waals surface area (Å²) in [6.07, 6.45) is -0.838. The number of aliphatic hydroxyl groups is 1. The summed E-state index contributed by atoms with van der Waals surface area (Å²) in [7, 11) is 0. The zero-order chi connectivity index (χ0) is 16.5. The lowest BCUT2D eigenvalue weighted by molar-refractivity contribution is -0.451. The molecular weight excluding hydrogens is 314 g/mol. The third kappa shape index (κ3) is 4.10. The van der Waals surface area contributed by atoms with Crippen molar-refractivity contribution < 1.29 is 27.7 Å². The number of aromatic nitrogens is 2. The molecule has 1 unspecified atom stereocenters. The molecule has 0 aliphatic rings. The molecule has 6 heteroatoms. The van der Waals surface area contributed by atoms with Gasteiger partial charge in [-0.15, -0.1) is 10.2 Å². The van der Waals surface area contributed by atoms with Gasteiger partial charge in [0.2, 0.25) is 5.89 Å². The molecule has 128 valence electrons. The van der Waals surface area contributed by atoms with Crippen molar-refractivity contribution in [1.29, 1.82) is 0 Å². The predicted octanol–water partition coefficient (Wildman–Crippen LogP) is -0.992. The van der Waals surface area contributed by atoms with Crippen LogP contribution in [0.15, 0.2) is 28.7 Å². The number of nitrogens with zero attached hydrogens (tertiary/aromatic N) is 2. The molecule has 1 aromatic heterocycles. The zero-order valence-electron chi connectivity index (χ0n) is 14.4. The Morgan fingerprint density at radius 1 is 1.22 bits per heavy atom. The lowest BCUT2D eigenvalue weighted by Crippen LogP contribution is -3.00. The average molecular weight is 340 g/mol. The van der Waals surface area contributed by atoms with Crippen molar-refractivity contribution in [3.8, 4) is 0 Å². The fraction of sp³-hybridized carbons (Fsp3) is 0.529. The first kappa shape index (κ1) is 19.6. The highest BCUT2D eigenvalue weighted by Gasteiger charge is 2.33. The standard InChI is InChI=1S/C17H25N3O2.ClH/c1-10(2)13(18)14(21)15-19-20-16(22-15)17(4,5)12-8-6-7-11(3)9-12;/h6-10,13-14,21H,18H2,1-5H3;1H/t13-,14?;/m0./s1. The summed E-state index contributed by atoms with van der Waals surface area (Å²) in [5.41, 5.74) is 5.85. The zero-order valence-corrected chi connectivity index (χ0v) is 15.1. The molecule has 4 N–H and O–H groups in total. The van der Waals surface area contributed by atoms with E-state index in [1.807, 2.05) is 39.8 Å². The Labute approximate surface area is 143 Å². The number of hydrogen-bond donors (Lipinski definition) is 2. The van der Waals surface area contributed by atoms with Gasteiger partial charge in [-0.1, -0.05) is 43.7 Å². The van der Waals surface area contributed by atoms with E-state index in [9.17, 15) is 5.11 Å². The molecule has 0 saturated heterocycles. The Kier molecular flexibility index (Phi) is 6.33. The van der Waals surface area contributed by atoms with E-state index in [2.05, 4.69) is 35.0 Å². The van der Waals surface area contributed by atoms with Gasteiger partial charge in [0, 0.05) is 5.92 Å². The maximum absolute atomic E-state index is 10.3. The molecule has 0 fully saturated rings. The molecule has 2 rings (SSSR count). The lowest BCUT2D eigenvalue weighted by atomic mass is 9.84. The van der Waals surface area contributed by atoms with E-state index < -0.39 is 11.5 Å². The van der Waals surface area contributed by atoms with Crippen molar-refractivity contribution >= 4 is 0 Å². The third-order valence-corrected chi connectivity index (χ3v) is 4.23. The van der Waals surface area contributed by atoms with E-state index in [1.165, 1.54) is 5.56 Å². The van der Waals surface area contributed by atoms with Crippen LogP contribution in [0.1, 0.15) is 56.7 Å². The van der Waals surface area contributed by atoms with Crippen molar-refractivity contribution in [1.82, 2.24) is 10.2 Å². The van der Waals surface area contributed by atoms with Gasteiger partial charge >= 0.3 is 0 Å². The van der Waals surface area contributed by atoms with Crippen LogP contribution in [0.4, 0.5) is 0 Å². The molecule has 0 radical (unpaired) electrons. The SMILES string of the molecule is Cc1cccc(C(C)(C)c2nnc(C(O)[C@@H]([NH3+])C(C)C)o2)c1.[Cl-]. The fourth-order valence-electron chi connectivity index (χ4n) is 2.31. The Bertz CT molecular complexity index is 640.